The molecular weight excluding hydrogens is 204 g/mol. The summed E-state index contributed by atoms with van der Waals surface area (Å²) in [4.78, 5) is 0. The van der Waals surface area contributed by atoms with Crippen LogP contribution in [-0.2, 0) is 6.54 Å². The van der Waals surface area contributed by atoms with Crippen molar-refractivity contribution in [2.24, 2.45) is 0 Å². The lowest BCUT2D eigenvalue weighted by Gasteiger charge is -2.28. The number of hydrogen-bond donors (Lipinski definition) is 1. The smallest absolute Gasteiger partial charge is 0.160 e. The number of hydrogen-bond acceptors (Lipinski definition) is 3. The van der Waals surface area contributed by atoms with E-state index in [1.807, 2.05) is 4.68 Å². The number of methoxy groups -OCH3 is 1. The maximum Gasteiger partial charge on any atom is 0.160 e. The molecule has 1 aliphatic rings. The molecule has 4 nitrogen and oxygen atoms in total. The Labute approximate surface area is 96.2 Å². The molecule has 2 unspecified atom stereocenters. The van der Waals surface area contributed by atoms with Crippen LogP contribution in [0.1, 0.15) is 44.2 Å². The first-order valence-electron chi connectivity index (χ1n) is 6.05. The van der Waals surface area contributed by atoms with Crippen LogP contribution in [0.15, 0.2) is 6.20 Å². The highest BCUT2D eigenvalue weighted by Gasteiger charge is 2.30. The molecule has 0 saturated heterocycles. The van der Waals surface area contributed by atoms with Gasteiger partial charge in [-0.25, -0.2) is 0 Å². The quantitative estimate of drug-likeness (QED) is 0.853. The van der Waals surface area contributed by atoms with Crippen molar-refractivity contribution in [1.29, 1.82) is 0 Å². The maximum absolute atomic E-state index is 10.1. The number of aromatic nitrogens is 2. The Bertz CT molecular complexity index is 327. The van der Waals surface area contributed by atoms with Crippen LogP contribution in [0.2, 0.25) is 0 Å². The van der Waals surface area contributed by atoms with Gasteiger partial charge in [-0.3, -0.25) is 4.68 Å². The summed E-state index contributed by atoms with van der Waals surface area (Å²) in [5.41, 5.74) is 1.07. The molecular formula is C12H20N2O2. The fraction of sp³-hybridized carbons (Fsp3) is 0.750. The van der Waals surface area contributed by atoms with Crippen molar-refractivity contribution < 1.29 is 9.84 Å². The monoisotopic (exact) mass is 224 g/mol. The van der Waals surface area contributed by atoms with E-state index in [4.69, 9.17) is 4.74 Å². The third-order valence-electron chi connectivity index (χ3n) is 3.45. The highest BCUT2D eigenvalue weighted by Crippen LogP contribution is 2.37. The lowest BCUT2D eigenvalue weighted by atomic mass is 9.84. The van der Waals surface area contributed by atoms with E-state index in [-0.39, 0.29) is 12.0 Å². The van der Waals surface area contributed by atoms with Crippen LogP contribution in [0.5, 0.6) is 5.75 Å². The molecule has 2 rings (SSSR count). The van der Waals surface area contributed by atoms with Crippen LogP contribution >= 0.6 is 0 Å². The molecule has 1 N–H and O–H groups in total. The van der Waals surface area contributed by atoms with E-state index in [0.29, 0.717) is 0 Å². The van der Waals surface area contributed by atoms with Gasteiger partial charge in [0, 0.05) is 12.5 Å². The van der Waals surface area contributed by atoms with Gasteiger partial charge in [0.1, 0.15) is 0 Å². The van der Waals surface area contributed by atoms with Crippen LogP contribution in [0, 0.1) is 0 Å². The zero-order valence-corrected chi connectivity index (χ0v) is 10.0. The molecule has 2 atom stereocenters. The Morgan fingerprint density at radius 2 is 2.25 bits per heavy atom. The normalized spacial score (nSPS) is 25.7. The van der Waals surface area contributed by atoms with Crippen molar-refractivity contribution in [3.8, 4) is 5.75 Å². The zero-order chi connectivity index (χ0) is 11.5. The van der Waals surface area contributed by atoms with Gasteiger partial charge in [-0.1, -0.05) is 12.8 Å². The van der Waals surface area contributed by atoms with E-state index < -0.39 is 0 Å². The van der Waals surface area contributed by atoms with Crippen LogP contribution < -0.4 is 4.74 Å². The van der Waals surface area contributed by atoms with Gasteiger partial charge in [0.2, 0.25) is 0 Å². The highest BCUT2D eigenvalue weighted by molar-refractivity contribution is 5.30. The van der Waals surface area contributed by atoms with E-state index >= 15 is 0 Å². The maximum atomic E-state index is 10.1. The topological polar surface area (TPSA) is 47.3 Å². The first-order valence-corrected chi connectivity index (χ1v) is 6.05. The van der Waals surface area contributed by atoms with Crippen LogP contribution in [0.3, 0.4) is 0 Å². The number of nitrogens with zero attached hydrogens (tertiary/aromatic N) is 2. The molecule has 0 spiro atoms. The van der Waals surface area contributed by atoms with Gasteiger partial charge < -0.3 is 9.84 Å². The number of rotatable bonds is 3. The second-order valence-corrected chi connectivity index (χ2v) is 4.37. The molecule has 4 heteroatoms. The Morgan fingerprint density at radius 3 is 2.88 bits per heavy atom. The fourth-order valence-electron chi connectivity index (χ4n) is 2.59. The summed E-state index contributed by atoms with van der Waals surface area (Å²) < 4.78 is 7.28. The molecule has 1 fully saturated rings. The third kappa shape index (κ3) is 1.94. The molecule has 0 aromatic carbocycles. The van der Waals surface area contributed by atoms with Crippen molar-refractivity contribution in [2.45, 2.75) is 51.2 Å². The number of aliphatic hydroxyl groups excluding tert-OH is 1. The zero-order valence-electron chi connectivity index (χ0n) is 10.0. The van der Waals surface area contributed by atoms with Crippen molar-refractivity contribution in [3.63, 3.8) is 0 Å². The summed E-state index contributed by atoms with van der Waals surface area (Å²) in [6, 6.07) is 0. The first-order chi connectivity index (χ1) is 7.77. The van der Waals surface area contributed by atoms with Gasteiger partial charge in [-0.05, 0) is 19.8 Å². The molecule has 90 valence electrons. The summed E-state index contributed by atoms with van der Waals surface area (Å²) in [7, 11) is 1.66. The van der Waals surface area contributed by atoms with Gasteiger partial charge in [-0.2, -0.15) is 5.10 Å². The van der Waals surface area contributed by atoms with Gasteiger partial charge in [0.05, 0.1) is 25.1 Å². The molecule has 1 heterocycles. The molecule has 0 amide bonds. The Balaban J connectivity index is 2.32. The summed E-state index contributed by atoms with van der Waals surface area (Å²) in [5.74, 6) is 0.999. The van der Waals surface area contributed by atoms with Crippen molar-refractivity contribution >= 4 is 0 Å². The average molecular weight is 224 g/mol. The lowest BCUT2D eigenvalue weighted by Crippen LogP contribution is -2.25. The molecule has 1 saturated carbocycles. The Kier molecular flexibility index (Phi) is 3.49. The SMILES string of the molecule is CCn1ncc(OC)c1C1CCCCC1O. The van der Waals surface area contributed by atoms with Crippen LogP contribution in [0.4, 0.5) is 0 Å². The number of aliphatic hydroxyl groups is 1. The second kappa shape index (κ2) is 4.87. The molecule has 16 heavy (non-hydrogen) atoms. The van der Waals surface area contributed by atoms with E-state index in [9.17, 15) is 5.11 Å². The summed E-state index contributed by atoms with van der Waals surface area (Å²) in [5, 5.41) is 14.4. The van der Waals surface area contributed by atoms with E-state index in [1.54, 1.807) is 13.3 Å². The Morgan fingerprint density at radius 1 is 1.50 bits per heavy atom. The van der Waals surface area contributed by atoms with Crippen LogP contribution in [0.25, 0.3) is 0 Å². The molecule has 0 bridgehead atoms. The van der Waals surface area contributed by atoms with Crippen molar-refractivity contribution in [3.05, 3.63) is 11.9 Å². The lowest BCUT2D eigenvalue weighted by molar-refractivity contribution is 0.101. The van der Waals surface area contributed by atoms with Gasteiger partial charge in [0.15, 0.2) is 5.75 Å². The largest absolute Gasteiger partial charge is 0.493 e. The fourth-order valence-corrected chi connectivity index (χ4v) is 2.59. The molecule has 1 aliphatic carbocycles. The van der Waals surface area contributed by atoms with Gasteiger partial charge in [-0.15, -0.1) is 0 Å². The molecule has 1 aromatic rings. The minimum Gasteiger partial charge on any atom is -0.493 e. The van der Waals surface area contributed by atoms with Crippen molar-refractivity contribution in [2.75, 3.05) is 7.11 Å². The predicted molar refractivity (Wildman–Crippen MR) is 61.7 cm³/mol. The summed E-state index contributed by atoms with van der Waals surface area (Å²) >= 11 is 0. The molecule has 0 radical (unpaired) electrons. The predicted octanol–water partition coefficient (Wildman–Crippen LogP) is 1.93. The van der Waals surface area contributed by atoms with E-state index in [1.165, 1.54) is 6.42 Å². The molecule has 1 aromatic heterocycles. The minimum atomic E-state index is -0.246. The average Bonchev–Trinajstić information content (AvgIpc) is 2.72. The van der Waals surface area contributed by atoms with Gasteiger partial charge in [0.25, 0.3) is 0 Å². The highest BCUT2D eigenvalue weighted by atomic mass is 16.5. The third-order valence-corrected chi connectivity index (χ3v) is 3.45. The number of aryl methyl sites for hydroxylation is 1. The van der Waals surface area contributed by atoms with Crippen LogP contribution in [-0.4, -0.2) is 28.1 Å². The first kappa shape index (κ1) is 11.5. The minimum absolute atomic E-state index is 0.186. The summed E-state index contributed by atoms with van der Waals surface area (Å²) in [6.45, 7) is 2.88. The second-order valence-electron chi connectivity index (χ2n) is 4.37. The summed E-state index contributed by atoms with van der Waals surface area (Å²) in [6.07, 6.45) is 5.73. The Hall–Kier alpha value is -1.03. The standard InChI is InChI=1S/C12H20N2O2/c1-3-14-12(11(16-2)8-13-14)9-6-4-5-7-10(9)15/h8-10,15H,3-7H2,1-2H3. The number of ether oxygens (including phenoxy) is 1. The van der Waals surface area contributed by atoms with E-state index in [2.05, 4.69) is 12.0 Å². The van der Waals surface area contributed by atoms with Crippen molar-refractivity contribution in [1.82, 2.24) is 9.78 Å². The van der Waals surface area contributed by atoms with E-state index in [0.717, 1.165) is 37.3 Å². The molecule has 0 aliphatic heterocycles. The van der Waals surface area contributed by atoms with Gasteiger partial charge >= 0.3 is 0 Å².